The van der Waals surface area contributed by atoms with E-state index in [0.717, 1.165) is 12.8 Å². The third-order valence-electron chi connectivity index (χ3n) is 3.09. The summed E-state index contributed by atoms with van der Waals surface area (Å²) in [5, 5.41) is 0. The number of rotatable bonds is 4. The zero-order chi connectivity index (χ0) is 12.2. The molecule has 0 aromatic carbocycles. The highest BCUT2D eigenvalue weighted by molar-refractivity contribution is 5.70. The second kappa shape index (κ2) is 5.67. The van der Waals surface area contributed by atoms with E-state index in [2.05, 4.69) is 13.8 Å². The first-order chi connectivity index (χ1) is 7.39. The Hall–Kier alpha value is -0.570. The van der Waals surface area contributed by atoms with Gasteiger partial charge in [0, 0.05) is 0 Å². The lowest BCUT2D eigenvalue weighted by Crippen LogP contribution is -2.29. The molecule has 0 atom stereocenters. The summed E-state index contributed by atoms with van der Waals surface area (Å²) in [4.78, 5) is 11.3. The second-order valence-corrected chi connectivity index (χ2v) is 5.71. The zero-order valence-corrected chi connectivity index (χ0v) is 10.9. The Morgan fingerprint density at radius 2 is 1.88 bits per heavy atom. The summed E-state index contributed by atoms with van der Waals surface area (Å²) in [6, 6.07) is 0. The Kier molecular flexibility index (Phi) is 4.78. The highest BCUT2D eigenvalue weighted by Crippen LogP contribution is 2.36. The van der Waals surface area contributed by atoms with Crippen molar-refractivity contribution in [1.82, 2.24) is 0 Å². The van der Waals surface area contributed by atoms with Gasteiger partial charge in [0.1, 0.15) is 6.61 Å². The zero-order valence-electron chi connectivity index (χ0n) is 10.9. The Balaban J connectivity index is 2.17. The van der Waals surface area contributed by atoms with Gasteiger partial charge in [-0.1, -0.05) is 13.8 Å². The third-order valence-corrected chi connectivity index (χ3v) is 3.09. The minimum Gasteiger partial charge on any atom is -0.461 e. The Bertz CT molecular complexity index is 223. The van der Waals surface area contributed by atoms with E-state index in [0.29, 0.717) is 5.41 Å². The maximum absolute atomic E-state index is 11.3. The van der Waals surface area contributed by atoms with Crippen LogP contribution in [0.4, 0.5) is 0 Å². The second-order valence-electron chi connectivity index (χ2n) is 5.71. The van der Waals surface area contributed by atoms with E-state index in [1.54, 1.807) is 0 Å². The number of esters is 1. The van der Waals surface area contributed by atoms with Crippen molar-refractivity contribution in [3.8, 4) is 0 Å². The van der Waals surface area contributed by atoms with Crippen LogP contribution in [0.1, 0.15) is 53.4 Å². The van der Waals surface area contributed by atoms with E-state index in [-0.39, 0.29) is 24.8 Å². The summed E-state index contributed by atoms with van der Waals surface area (Å²) in [5.74, 6) is -0.250. The van der Waals surface area contributed by atoms with E-state index in [1.165, 1.54) is 12.8 Å². The fourth-order valence-electron chi connectivity index (χ4n) is 2.02. The van der Waals surface area contributed by atoms with Crippen molar-refractivity contribution in [2.24, 2.45) is 5.41 Å². The Labute approximate surface area is 98.5 Å². The normalized spacial score (nSPS) is 21.1. The molecule has 1 saturated carbocycles. The van der Waals surface area contributed by atoms with E-state index in [1.807, 2.05) is 13.8 Å². The minimum atomic E-state index is -0.250. The van der Waals surface area contributed by atoms with Crippen LogP contribution in [0.25, 0.3) is 0 Å². The first-order valence-electron chi connectivity index (χ1n) is 6.20. The molecule has 1 rings (SSSR count). The molecule has 0 N–H and O–H groups in total. The lowest BCUT2D eigenvalue weighted by atomic mass is 9.76. The van der Waals surface area contributed by atoms with Gasteiger partial charge in [-0.3, -0.25) is 0 Å². The molecule has 0 aliphatic heterocycles. The molecule has 0 aromatic heterocycles. The van der Waals surface area contributed by atoms with Crippen molar-refractivity contribution in [1.29, 1.82) is 0 Å². The van der Waals surface area contributed by atoms with Gasteiger partial charge in [0.15, 0.2) is 0 Å². The summed E-state index contributed by atoms with van der Waals surface area (Å²) in [6.45, 7) is 8.37. The predicted molar refractivity (Wildman–Crippen MR) is 63.2 cm³/mol. The van der Waals surface area contributed by atoms with Gasteiger partial charge in [-0.2, -0.15) is 0 Å². The number of ether oxygens (including phenoxy) is 2. The predicted octanol–water partition coefficient (Wildman–Crippen LogP) is 2.92. The average molecular weight is 228 g/mol. The largest absolute Gasteiger partial charge is 0.461 e. The van der Waals surface area contributed by atoms with Gasteiger partial charge >= 0.3 is 5.97 Å². The molecule has 0 saturated heterocycles. The smallest absolute Gasteiger partial charge is 0.332 e. The first-order valence-corrected chi connectivity index (χ1v) is 6.20. The molecule has 1 aliphatic rings. The van der Waals surface area contributed by atoms with Crippen LogP contribution in [0.15, 0.2) is 0 Å². The molecular weight excluding hydrogens is 204 g/mol. The number of hydrogen-bond donors (Lipinski definition) is 0. The van der Waals surface area contributed by atoms with Crippen LogP contribution in [-0.4, -0.2) is 24.8 Å². The van der Waals surface area contributed by atoms with Crippen molar-refractivity contribution < 1.29 is 14.3 Å². The molecule has 1 aliphatic carbocycles. The lowest BCUT2D eigenvalue weighted by molar-refractivity contribution is -0.155. The van der Waals surface area contributed by atoms with Crippen LogP contribution in [0.5, 0.6) is 0 Å². The van der Waals surface area contributed by atoms with E-state index < -0.39 is 0 Å². The third kappa shape index (κ3) is 4.97. The number of hydrogen-bond acceptors (Lipinski definition) is 3. The van der Waals surface area contributed by atoms with E-state index >= 15 is 0 Å². The van der Waals surface area contributed by atoms with Crippen molar-refractivity contribution in [2.45, 2.75) is 65.6 Å². The standard InChI is InChI=1S/C13H24O3/c1-10(2)16-12(14)9-15-11-5-7-13(3,4)8-6-11/h10-11H,5-9H2,1-4H3. The van der Waals surface area contributed by atoms with Gasteiger partial charge in [-0.05, 0) is 44.9 Å². The molecule has 0 spiro atoms. The van der Waals surface area contributed by atoms with Crippen molar-refractivity contribution >= 4 is 5.97 Å². The van der Waals surface area contributed by atoms with Crippen LogP contribution >= 0.6 is 0 Å². The minimum absolute atomic E-state index is 0.0543. The molecule has 0 heterocycles. The van der Waals surface area contributed by atoms with Gasteiger partial charge in [-0.25, -0.2) is 4.79 Å². The monoisotopic (exact) mass is 228 g/mol. The van der Waals surface area contributed by atoms with E-state index in [4.69, 9.17) is 9.47 Å². The molecule has 0 unspecified atom stereocenters. The van der Waals surface area contributed by atoms with Crippen LogP contribution in [0.3, 0.4) is 0 Å². The molecular formula is C13H24O3. The topological polar surface area (TPSA) is 35.5 Å². The lowest BCUT2D eigenvalue weighted by Gasteiger charge is -2.33. The first kappa shape index (κ1) is 13.5. The van der Waals surface area contributed by atoms with Gasteiger partial charge in [0.25, 0.3) is 0 Å². The molecule has 3 heteroatoms. The average Bonchev–Trinajstić information content (AvgIpc) is 2.15. The highest BCUT2D eigenvalue weighted by Gasteiger charge is 2.27. The Morgan fingerprint density at radius 1 is 1.31 bits per heavy atom. The van der Waals surface area contributed by atoms with Gasteiger partial charge in [-0.15, -0.1) is 0 Å². The van der Waals surface area contributed by atoms with Crippen LogP contribution in [-0.2, 0) is 14.3 Å². The number of carbonyl (C=O) groups excluding carboxylic acids is 1. The molecule has 94 valence electrons. The van der Waals surface area contributed by atoms with Gasteiger partial charge in [0.2, 0.25) is 0 Å². The fourth-order valence-corrected chi connectivity index (χ4v) is 2.02. The number of carbonyl (C=O) groups is 1. The molecule has 3 nitrogen and oxygen atoms in total. The van der Waals surface area contributed by atoms with Crippen LogP contribution in [0.2, 0.25) is 0 Å². The van der Waals surface area contributed by atoms with Crippen molar-refractivity contribution in [3.05, 3.63) is 0 Å². The molecule has 0 aromatic rings. The van der Waals surface area contributed by atoms with Crippen molar-refractivity contribution in [3.63, 3.8) is 0 Å². The summed E-state index contributed by atoms with van der Waals surface area (Å²) >= 11 is 0. The summed E-state index contributed by atoms with van der Waals surface area (Å²) < 4.78 is 10.6. The molecule has 16 heavy (non-hydrogen) atoms. The van der Waals surface area contributed by atoms with Crippen molar-refractivity contribution in [2.75, 3.05) is 6.61 Å². The van der Waals surface area contributed by atoms with Crippen LogP contribution < -0.4 is 0 Å². The quantitative estimate of drug-likeness (QED) is 0.694. The maximum Gasteiger partial charge on any atom is 0.332 e. The Morgan fingerprint density at radius 3 is 2.38 bits per heavy atom. The molecule has 0 bridgehead atoms. The van der Waals surface area contributed by atoms with Crippen LogP contribution in [0, 0.1) is 5.41 Å². The molecule has 0 radical (unpaired) electrons. The van der Waals surface area contributed by atoms with Gasteiger partial charge in [0.05, 0.1) is 12.2 Å². The summed E-state index contributed by atoms with van der Waals surface area (Å²) in [7, 11) is 0. The summed E-state index contributed by atoms with van der Waals surface area (Å²) in [5.41, 5.74) is 0.443. The maximum atomic E-state index is 11.3. The fraction of sp³-hybridized carbons (Fsp3) is 0.923. The molecule has 1 fully saturated rings. The van der Waals surface area contributed by atoms with Gasteiger partial charge < -0.3 is 9.47 Å². The summed E-state index contributed by atoms with van der Waals surface area (Å²) in [6.07, 6.45) is 4.66. The molecule has 0 amide bonds. The van der Waals surface area contributed by atoms with E-state index in [9.17, 15) is 4.79 Å². The highest BCUT2D eigenvalue weighted by atomic mass is 16.6. The SMILES string of the molecule is CC(C)OC(=O)COC1CCC(C)(C)CC1.